The van der Waals surface area contributed by atoms with Crippen molar-refractivity contribution < 1.29 is 14.5 Å². The second kappa shape index (κ2) is 4.52. The minimum atomic E-state index is -0.634. The number of carbonyl (C=O) groups excluding carboxylic acids is 1. The molecule has 0 saturated carbocycles. The van der Waals surface area contributed by atoms with Crippen LogP contribution < -0.4 is 10.5 Å². The summed E-state index contributed by atoms with van der Waals surface area (Å²) in [5, 5.41) is 10.7. The molecule has 0 amide bonds. The van der Waals surface area contributed by atoms with Crippen LogP contribution in [0.4, 0.5) is 5.69 Å². The highest BCUT2D eigenvalue weighted by atomic mass is 16.6. The molecule has 0 aliphatic carbocycles. The van der Waals surface area contributed by atoms with Gasteiger partial charge < -0.3 is 10.5 Å². The summed E-state index contributed by atoms with van der Waals surface area (Å²) in [4.78, 5) is 21.3. The summed E-state index contributed by atoms with van der Waals surface area (Å²) in [6.07, 6.45) is 0. The van der Waals surface area contributed by atoms with Gasteiger partial charge in [-0.2, -0.15) is 0 Å². The van der Waals surface area contributed by atoms with Crippen molar-refractivity contribution in [3.05, 3.63) is 33.9 Å². The van der Waals surface area contributed by atoms with Crippen LogP contribution in [0.2, 0.25) is 0 Å². The first-order valence-corrected chi connectivity index (χ1v) is 4.16. The fourth-order valence-corrected chi connectivity index (χ4v) is 1.14. The van der Waals surface area contributed by atoms with Crippen LogP contribution in [0.25, 0.3) is 0 Å². The van der Waals surface area contributed by atoms with Crippen LogP contribution in [-0.2, 0) is 0 Å². The van der Waals surface area contributed by atoms with Gasteiger partial charge in [0.25, 0.3) is 5.69 Å². The maximum absolute atomic E-state index is 11.3. The predicted octanol–water partition coefficient (Wildman–Crippen LogP) is 0.745. The van der Waals surface area contributed by atoms with Gasteiger partial charge in [0.15, 0.2) is 5.78 Å². The van der Waals surface area contributed by atoms with E-state index in [1.807, 2.05) is 0 Å². The number of ketones is 1. The SMILES string of the molecule is COc1ccc(C(=O)CN)c([N+](=O)[O-])c1. The standard InChI is InChI=1S/C9H10N2O4/c1-15-6-2-3-7(9(12)5-10)8(4-6)11(13)14/h2-4H,5,10H2,1H3. The molecule has 1 rings (SSSR count). The Balaban J connectivity index is 3.27. The largest absolute Gasteiger partial charge is 0.497 e. The number of nitrogens with zero attached hydrogens (tertiary/aromatic N) is 1. The van der Waals surface area contributed by atoms with E-state index in [0.29, 0.717) is 5.75 Å². The monoisotopic (exact) mass is 210 g/mol. The lowest BCUT2D eigenvalue weighted by molar-refractivity contribution is -0.385. The zero-order valence-electron chi connectivity index (χ0n) is 8.10. The molecule has 0 fully saturated rings. The molecule has 0 aliphatic heterocycles. The van der Waals surface area contributed by atoms with Crippen molar-refractivity contribution in [2.24, 2.45) is 5.73 Å². The Hall–Kier alpha value is -1.95. The lowest BCUT2D eigenvalue weighted by Gasteiger charge is -2.03. The van der Waals surface area contributed by atoms with Crippen molar-refractivity contribution in [2.45, 2.75) is 0 Å². The summed E-state index contributed by atoms with van der Waals surface area (Å²) >= 11 is 0. The van der Waals surface area contributed by atoms with Crippen LogP contribution in [0.5, 0.6) is 5.75 Å². The molecule has 0 saturated heterocycles. The number of hydrogen-bond acceptors (Lipinski definition) is 5. The lowest BCUT2D eigenvalue weighted by Crippen LogP contribution is -2.15. The summed E-state index contributed by atoms with van der Waals surface area (Å²) in [5.41, 5.74) is 4.86. The lowest BCUT2D eigenvalue weighted by atomic mass is 10.1. The maximum atomic E-state index is 11.3. The van der Waals surface area contributed by atoms with Gasteiger partial charge in [0.05, 0.1) is 30.2 Å². The van der Waals surface area contributed by atoms with Crippen molar-refractivity contribution in [1.29, 1.82) is 0 Å². The van der Waals surface area contributed by atoms with E-state index < -0.39 is 10.7 Å². The zero-order valence-corrected chi connectivity index (χ0v) is 8.10. The second-order valence-corrected chi connectivity index (χ2v) is 2.77. The summed E-state index contributed by atoms with van der Waals surface area (Å²) in [5.74, 6) is -0.139. The van der Waals surface area contributed by atoms with E-state index in [1.165, 1.54) is 25.3 Å². The van der Waals surface area contributed by atoms with Crippen molar-refractivity contribution in [3.8, 4) is 5.75 Å². The molecule has 6 nitrogen and oxygen atoms in total. The van der Waals surface area contributed by atoms with Crippen molar-refractivity contribution in [1.82, 2.24) is 0 Å². The highest BCUT2D eigenvalue weighted by Gasteiger charge is 2.19. The number of Topliss-reactive ketones (excluding diaryl/α,β-unsaturated/α-hetero) is 1. The molecule has 80 valence electrons. The average Bonchev–Trinajstić information content (AvgIpc) is 2.27. The van der Waals surface area contributed by atoms with Gasteiger partial charge in [0, 0.05) is 0 Å². The van der Waals surface area contributed by atoms with E-state index in [2.05, 4.69) is 0 Å². The van der Waals surface area contributed by atoms with Crippen LogP contribution in [-0.4, -0.2) is 24.4 Å². The predicted molar refractivity (Wildman–Crippen MR) is 53.0 cm³/mol. The first kappa shape index (κ1) is 11.1. The Morgan fingerprint density at radius 1 is 1.60 bits per heavy atom. The van der Waals surface area contributed by atoms with E-state index in [0.717, 1.165) is 0 Å². The highest BCUT2D eigenvalue weighted by molar-refractivity contribution is 6.01. The fraction of sp³-hybridized carbons (Fsp3) is 0.222. The van der Waals surface area contributed by atoms with E-state index >= 15 is 0 Å². The molecule has 0 aliphatic rings. The maximum Gasteiger partial charge on any atom is 0.283 e. The smallest absolute Gasteiger partial charge is 0.283 e. The zero-order chi connectivity index (χ0) is 11.4. The number of benzene rings is 1. The topological polar surface area (TPSA) is 95.5 Å². The van der Waals surface area contributed by atoms with Crippen LogP contribution >= 0.6 is 0 Å². The minimum absolute atomic E-state index is 0.00306. The molecular weight excluding hydrogens is 200 g/mol. The molecule has 1 aromatic rings. The molecule has 0 spiro atoms. The van der Waals surface area contributed by atoms with E-state index in [-0.39, 0.29) is 17.8 Å². The van der Waals surface area contributed by atoms with Crippen LogP contribution in [0, 0.1) is 10.1 Å². The number of nitrogens with two attached hydrogens (primary N) is 1. The minimum Gasteiger partial charge on any atom is -0.497 e. The Kier molecular flexibility index (Phi) is 3.35. The van der Waals surface area contributed by atoms with Gasteiger partial charge in [-0.25, -0.2) is 0 Å². The van der Waals surface area contributed by atoms with E-state index in [1.54, 1.807) is 0 Å². The van der Waals surface area contributed by atoms with Gasteiger partial charge in [-0.3, -0.25) is 14.9 Å². The quantitative estimate of drug-likeness (QED) is 0.449. The highest BCUT2D eigenvalue weighted by Crippen LogP contribution is 2.24. The molecule has 6 heteroatoms. The first-order chi connectivity index (χ1) is 7.10. The third kappa shape index (κ3) is 2.29. The third-order valence-corrected chi connectivity index (χ3v) is 1.89. The molecule has 0 radical (unpaired) electrons. The van der Waals surface area contributed by atoms with Crippen LogP contribution in [0.1, 0.15) is 10.4 Å². The number of methoxy groups -OCH3 is 1. The van der Waals surface area contributed by atoms with E-state index in [4.69, 9.17) is 10.5 Å². The molecule has 2 N–H and O–H groups in total. The van der Waals surface area contributed by atoms with Gasteiger partial charge in [0.1, 0.15) is 5.75 Å². The Bertz CT molecular complexity index is 403. The van der Waals surface area contributed by atoms with Crippen LogP contribution in [0.15, 0.2) is 18.2 Å². The summed E-state index contributed by atoms with van der Waals surface area (Å²) in [6.45, 7) is -0.257. The summed E-state index contributed by atoms with van der Waals surface area (Å²) < 4.78 is 4.83. The molecule has 1 aromatic carbocycles. The number of ether oxygens (including phenoxy) is 1. The van der Waals surface area contributed by atoms with Crippen molar-refractivity contribution >= 4 is 11.5 Å². The van der Waals surface area contributed by atoms with Gasteiger partial charge in [-0.15, -0.1) is 0 Å². The Morgan fingerprint density at radius 3 is 2.73 bits per heavy atom. The second-order valence-electron chi connectivity index (χ2n) is 2.77. The number of carbonyl (C=O) groups is 1. The fourth-order valence-electron chi connectivity index (χ4n) is 1.14. The van der Waals surface area contributed by atoms with Gasteiger partial charge in [-0.1, -0.05) is 0 Å². The normalized spacial score (nSPS) is 9.73. The molecule has 0 aromatic heterocycles. The average molecular weight is 210 g/mol. The summed E-state index contributed by atoms with van der Waals surface area (Å²) in [6, 6.07) is 4.02. The first-order valence-electron chi connectivity index (χ1n) is 4.16. The van der Waals surface area contributed by atoms with Gasteiger partial charge in [0.2, 0.25) is 0 Å². The Labute approximate surface area is 85.8 Å². The molecule has 0 heterocycles. The molecule has 0 atom stereocenters. The van der Waals surface area contributed by atoms with Gasteiger partial charge in [-0.05, 0) is 12.1 Å². The number of nitro groups is 1. The van der Waals surface area contributed by atoms with Crippen molar-refractivity contribution in [2.75, 3.05) is 13.7 Å². The number of nitro benzene ring substituents is 1. The van der Waals surface area contributed by atoms with Crippen LogP contribution in [0.3, 0.4) is 0 Å². The summed E-state index contributed by atoms with van der Waals surface area (Å²) in [7, 11) is 1.39. The van der Waals surface area contributed by atoms with Gasteiger partial charge >= 0.3 is 0 Å². The molecule has 0 unspecified atom stereocenters. The molecular formula is C9H10N2O4. The van der Waals surface area contributed by atoms with Crippen molar-refractivity contribution in [3.63, 3.8) is 0 Å². The Morgan fingerprint density at radius 2 is 2.27 bits per heavy atom. The molecule has 0 bridgehead atoms. The molecule has 15 heavy (non-hydrogen) atoms. The van der Waals surface area contributed by atoms with E-state index in [9.17, 15) is 14.9 Å². The number of hydrogen-bond donors (Lipinski definition) is 1. The third-order valence-electron chi connectivity index (χ3n) is 1.89. The number of rotatable bonds is 4.